The Morgan fingerprint density at radius 2 is 2.32 bits per heavy atom. The molecule has 3 nitrogen and oxygen atoms in total. The van der Waals surface area contributed by atoms with Gasteiger partial charge in [0.2, 0.25) is 0 Å². The highest BCUT2D eigenvalue weighted by atomic mass is 16.5. The maximum atomic E-state index is 6.05. The summed E-state index contributed by atoms with van der Waals surface area (Å²) in [6, 6.07) is 8.53. The quantitative estimate of drug-likeness (QED) is 0.907. The van der Waals surface area contributed by atoms with Gasteiger partial charge in [0, 0.05) is 12.1 Å². The van der Waals surface area contributed by atoms with Crippen molar-refractivity contribution in [3.05, 3.63) is 29.8 Å². The highest BCUT2D eigenvalue weighted by Gasteiger charge is 2.30. The second kappa shape index (κ2) is 5.51. The molecule has 2 fully saturated rings. The number of hydrogen-bond donors (Lipinski definition) is 1. The summed E-state index contributed by atoms with van der Waals surface area (Å²) in [4.78, 5) is 0. The Kier molecular flexibility index (Phi) is 3.76. The lowest BCUT2D eigenvalue weighted by molar-refractivity contribution is 0.00736. The lowest BCUT2D eigenvalue weighted by Crippen LogP contribution is -2.33. The Labute approximate surface area is 115 Å². The first-order valence-corrected chi connectivity index (χ1v) is 7.36. The molecule has 0 amide bonds. The molecule has 2 aliphatic heterocycles. The van der Waals surface area contributed by atoms with Gasteiger partial charge in [0.25, 0.3) is 0 Å². The van der Waals surface area contributed by atoms with E-state index in [1.807, 2.05) is 0 Å². The van der Waals surface area contributed by atoms with E-state index in [1.54, 1.807) is 0 Å². The minimum atomic E-state index is 0.114. The smallest absolute Gasteiger partial charge is 0.122 e. The highest BCUT2D eigenvalue weighted by molar-refractivity contribution is 5.33. The van der Waals surface area contributed by atoms with Crippen LogP contribution in [0, 0.1) is 0 Å². The van der Waals surface area contributed by atoms with Gasteiger partial charge in [-0.25, -0.2) is 0 Å². The lowest BCUT2D eigenvalue weighted by Gasteiger charge is -2.27. The summed E-state index contributed by atoms with van der Waals surface area (Å²) < 4.78 is 11.5. The van der Waals surface area contributed by atoms with Gasteiger partial charge in [-0.1, -0.05) is 12.1 Å². The number of hydrogen-bond acceptors (Lipinski definition) is 3. The van der Waals surface area contributed by atoms with Crippen LogP contribution in [0.25, 0.3) is 0 Å². The van der Waals surface area contributed by atoms with Crippen LogP contribution in [0.5, 0.6) is 5.75 Å². The Bertz CT molecular complexity index is 421. The molecule has 1 aromatic carbocycles. The summed E-state index contributed by atoms with van der Waals surface area (Å²) in [5, 5.41) is 3.60. The lowest BCUT2D eigenvalue weighted by atomic mass is 9.90. The van der Waals surface area contributed by atoms with Gasteiger partial charge in [-0.05, 0) is 56.8 Å². The van der Waals surface area contributed by atoms with Crippen LogP contribution in [0.2, 0.25) is 0 Å². The van der Waals surface area contributed by atoms with E-state index in [2.05, 4.69) is 36.5 Å². The molecule has 0 spiro atoms. The van der Waals surface area contributed by atoms with E-state index in [9.17, 15) is 0 Å². The molecule has 2 saturated heterocycles. The van der Waals surface area contributed by atoms with Crippen LogP contribution in [0.15, 0.2) is 24.3 Å². The van der Waals surface area contributed by atoms with Crippen LogP contribution in [0.1, 0.15) is 38.2 Å². The second-order valence-corrected chi connectivity index (χ2v) is 5.85. The summed E-state index contributed by atoms with van der Waals surface area (Å²) in [6.45, 7) is 4.99. The van der Waals surface area contributed by atoms with E-state index >= 15 is 0 Å². The van der Waals surface area contributed by atoms with Gasteiger partial charge in [-0.15, -0.1) is 0 Å². The van der Waals surface area contributed by atoms with Crippen molar-refractivity contribution in [1.82, 2.24) is 5.32 Å². The number of ether oxygens (including phenoxy) is 2. The van der Waals surface area contributed by atoms with Crippen LogP contribution in [0.4, 0.5) is 0 Å². The van der Waals surface area contributed by atoms with E-state index in [0.717, 1.165) is 38.3 Å². The van der Waals surface area contributed by atoms with E-state index < -0.39 is 0 Å². The van der Waals surface area contributed by atoms with Gasteiger partial charge in [-0.3, -0.25) is 0 Å². The van der Waals surface area contributed by atoms with Gasteiger partial charge < -0.3 is 14.8 Å². The third kappa shape index (κ3) is 2.93. The van der Waals surface area contributed by atoms with Crippen molar-refractivity contribution in [1.29, 1.82) is 0 Å². The van der Waals surface area contributed by atoms with Gasteiger partial charge in [0.05, 0.1) is 6.61 Å². The van der Waals surface area contributed by atoms with Crippen LogP contribution in [0.3, 0.4) is 0 Å². The third-order valence-electron chi connectivity index (χ3n) is 4.26. The van der Waals surface area contributed by atoms with Gasteiger partial charge >= 0.3 is 0 Å². The fourth-order valence-corrected chi connectivity index (χ4v) is 3.05. The van der Waals surface area contributed by atoms with Crippen molar-refractivity contribution < 1.29 is 9.47 Å². The average Bonchev–Trinajstić information content (AvgIpc) is 2.89. The molecular weight excluding hydrogens is 238 g/mol. The zero-order valence-electron chi connectivity index (χ0n) is 11.7. The zero-order valence-corrected chi connectivity index (χ0v) is 11.7. The highest BCUT2D eigenvalue weighted by Crippen LogP contribution is 2.32. The van der Waals surface area contributed by atoms with Crippen molar-refractivity contribution in [3.63, 3.8) is 0 Å². The van der Waals surface area contributed by atoms with Crippen LogP contribution in [-0.2, 0) is 10.3 Å². The van der Waals surface area contributed by atoms with E-state index in [0.29, 0.717) is 0 Å². The topological polar surface area (TPSA) is 30.5 Å². The average molecular weight is 261 g/mol. The van der Waals surface area contributed by atoms with Crippen LogP contribution >= 0.6 is 0 Å². The molecule has 3 rings (SSSR count). The van der Waals surface area contributed by atoms with Crippen LogP contribution in [-0.4, -0.2) is 25.9 Å². The molecular formula is C16H23NO2. The molecule has 19 heavy (non-hydrogen) atoms. The number of rotatable bonds is 3. The van der Waals surface area contributed by atoms with E-state index in [-0.39, 0.29) is 11.6 Å². The molecule has 2 unspecified atom stereocenters. The SMILES string of the molecule is CC1(c2cccc(OC3CCCOC3)c2)CCCN1. The summed E-state index contributed by atoms with van der Waals surface area (Å²) >= 11 is 0. The summed E-state index contributed by atoms with van der Waals surface area (Å²) in [6.07, 6.45) is 4.86. The first kappa shape index (κ1) is 12.9. The molecule has 0 radical (unpaired) electrons. The number of nitrogens with one attached hydrogen (secondary N) is 1. The largest absolute Gasteiger partial charge is 0.488 e. The van der Waals surface area contributed by atoms with Crippen molar-refractivity contribution >= 4 is 0 Å². The van der Waals surface area contributed by atoms with Crippen molar-refractivity contribution in [2.24, 2.45) is 0 Å². The monoisotopic (exact) mass is 261 g/mol. The summed E-state index contributed by atoms with van der Waals surface area (Å²) in [5.74, 6) is 0.975. The molecule has 0 aromatic heterocycles. The first-order chi connectivity index (χ1) is 9.26. The first-order valence-electron chi connectivity index (χ1n) is 7.36. The molecule has 0 aliphatic carbocycles. The Morgan fingerprint density at radius 3 is 3.05 bits per heavy atom. The maximum absolute atomic E-state index is 6.05. The molecule has 1 N–H and O–H groups in total. The molecule has 1 aromatic rings. The second-order valence-electron chi connectivity index (χ2n) is 5.85. The Balaban J connectivity index is 1.72. The minimum absolute atomic E-state index is 0.114. The predicted molar refractivity (Wildman–Crippen MR) is 75.5 cm³/mol. The molecule has 0 bridgehead atoms. The predicted octanol–water partition coefficient (Wildman–Crippen LogP) is 2.84. The fourth-order valence-electron chi connectivity index (χ4n) is 3.05. The van der Waals surface area contributed by atoms with E-state index in [1.165, 1.54) is 18.4 Å². The van der Waals surface area contributed by atoms with Crippen molar-refractivity contribution in [3.8, 4) is 5.75 Å². The fraction of sp³-hybridized carbons (Fsp3) is 0.625. The molecule has 2 aliphatic rings. The zero-order chi connectivity index (χ0) is 13.1. The summed E-state index contributed by atoms with van der Waals surface area (Å²) in [5.41, 5.74) is 1.45. The standard InChI is InChI=1S/C16H23NO2/c1-16(8-4-9-17-16)13-5-2-6-14(11-13)19-15-7-3-10-18-12-15/h2,5-6,11,15,17H,3-4,7-10,12H2,1H3. The number of benzene rings is 1. The van der Waals surface area contributed by atoms with E-state index in [4.69, 9.17) is 9.47 Å². The molecule has 2 atom stereocenters. The molecule has 104 valence electrons. The summed E-state index contributed by atoms with van der Waals surface area (Å²) in [7, 11) is 0. The van der Waals surface area contributed by atoms with Gasteiger partial charge in [-0.2, -0.15) is 0 Å². The minimum Gasteiger partial charge on any atom is -0.488 e. The molecule has 2 heterocycles. The maximum Gasteiger partial charge on any atom is 0.122 e. The van der Waals surface area contributed by atoms with Crippen LogP contribution < -0.4 is 10.1 Å². The molecule has 0 saturated carbocycles. The van der Waals surface area contributed by atoms with Crippen molar-refractivity contribution in [2.75, 3.05) is 19.8 Å². The van der Waals surface area contributed by atoms with Gasteiger partial charge in [0.1, 0.15) is 11.9 Å². The Hall–Kier alpha value is -1.06. The van der Waals surface area contributed by atoms with Gasteiger partial charge in [0.15, 0.2) is 0 Å². The normalized spacial score (nSPS) is 31.3. The third-order valence-corrected chi connectivity index (χ3v) is 4.26. The molecule has 3 heteroatoms. The van der Waals surface area contributed by atoms with Crippen molar-refractivity contribution in [2.45, 2.75) is 44.2 Å². The Morgan fingerprint density at radius 1 is 1.37 bits per heavy atom.